The second kappa shape index (κ2) is 7.98. The van der Waals surface area contributed by atoms with E-state index in [1.807, 2.05) is 30.3 Å². The summed E-state index contributed by atoms with van der Waals surface area (Å²) in [6, 6.07) is 9.26. The van der Waals surface area contributed by atoms with E-state index in [1.54, 1.807) is 6.26 Å². The monoisotopic (exact) mass is 365 g/mol. The summed E-state index contributed by atoms with van der Waals surface area (Å²) in [5.74, 6) is 0.386. The summed E-state index contributed by atoms with van der Waals surface area (Å²) < 4.78 is 17.6. The Hall–Kier alpha value is -1.24. The van der Waals surface area contributed by atoms with E-state index in [9.17, 15) is 14.1 Å². The molecule has 3 aliphatic heterocycles. The van der Waals surface area contributed by atoms with Crippen molar-refractivity contribution in [2.45, 2.75) is 30.8 Å². The number of ether oxygens (including phenoxy) is 1. The topological polar surface area (TPSA) is 66.8 Å². The van der Waals surface area contributed by atoms with Crippen molar-refractivity contribution < 1.29 is 18.8 Å². The molecule has 1 aromatic carbocycles. The average molecular weight is 365 g/mol. The van der Waals surface area contributed by atoms with Crippen molar-refractivity contribution in [2.24, 2.45) is 5.92 Å². The average Bonchev–Trinajstić information content (AvgIpc) is 2.64. The first-order valence-electron chi connectivity index (χ1n) is 8.95. The SMILES string of the molecule is CS(=O)CCC(CO)(C(=O)O[C@H]1CN2CCC1CC2)c1ccccc1. The lowest BCUT2D eigenvalue weighted by molar-refractivity contribution is -0.167. The van der Waals surface area contributed by atoms with Gasteiger partial charge in [0.15, 0.2) is 0 Å². The van der Waals surface area contributed by atoms with Crippen LogP contribution < -0.4 is 0 Å². The number of nitrogens with zero attached hydrogens (tertiary/aromatic N) is 1. The summed E-state index contributed by atoms with van der Waals surface area (Å²) in [5.41, 5.74) is -0.409. The number of piperidine rings is 3. The van der Waals surface area contributed by atoms with E-state index in [0.29, 0.717) is 18.1 Å². The van der Waals surface area contributed by atoms with Gasteiger partial charge in [0.25, 0.3) is 0 Å². The Morgan fingerprint density at radius 1 is 1.32 bits per heavy atom. The highest BCUT2D eigenvalue weighted by Gasteiger charge is 2.45. The molecule has 3 heterocycles. The number of fused-ring (bicyclic) bond motifs is 3. The van der Waals surface area contributed by atoms with Crippen molar-refractivity contribution in [3.8, 4) is 0 Å². The zero-order valence-electron chi connectivity index (χ0n) is 14.7. The van der Waals surface area contributed by atoms with E-state index in [2.05, 4.69) is 4.90 Å². The minimum absolute atomic E-state index is 0.100. The van der Waals surface area contributed by atoms with E-state index < -0.39 is 16.2 Å². The highest BCUT2D eigenvalue weighted by molar-refractivity contribution is 7.84. The number of rotatable bonds is 7. The van der Waals surface area contributed by atoms with E-state index in [4.69, 9.17) is 4.74 Å². The van der Waals surface area contributed by atoms with Crippen LogP contribution >= 0.6 is 0 Å². The number of benzene rings is 1. The molecule has 0 aromatic heterocycles. The fourth-order valence-electron chi connectivity index (χ4n) is 3.97. The van der Waals surface area contributed by atoms with Crippen molar-refractivity contribution in [3.63, 3.8) is 0 Å². The molecule has 4 rings (SSSR count). The standard InChI is InChI=1S/C19H27NO4S/c1-25(23)12-9-19(14-21,16-5-3-2-4-6-16)18(22)24-17-13-20-10-7-15(17)8-11-20/h2-6,15,17,21H,7-14H2,1H3/t17-,19?,25?/m0/s1. The predicted molar refractivity (Wildman–Crippen MR) is 97.8 cm³/mol. The van der Waals surface area contributed by atoms with Gasteiger partial charge in [-0.2, -0.15) is 0 Å². The molecule has 3 fully saturated rings. The third-order valence-corrected chi connectivity index (χ3v) is 6.44. The Labute approximate surface area is 151 Å². The molecule has 3 atom stereocenters. The maximum atomic E-state index is 13.2. The summed E-state index contributed by atoms with van der Waals surface area (Å²) in [5, 5.41) is 10.2. The smallest absolute Gasteiger partial charge is 0.319 e. The van der Waals surface area contributed by atoms with Gasteiger partial charge in [-0.1, -0.05) is 30.3 Å². The number of esters is 1. The molecule has 3 saturated heterocycles. The molecule has 6 heteroatoms. The first-order valence-corrected chi connectivity index (χ1v) is 10.7. The quantitative estimate of drug-likeness (QED) is 0.739. The van der Waals surface area contributed by atoms with Crippen LogP contribution in [0.25, 0.3) is 0 Å². The Kier molecular flexibility index (Phi) is 5.92. The van der Waals surface area contributed by atoms with Crippen LogP contribution in [0.4, 0.5) is 0 Å². The Morgan fingerprint density at radius 2 is 2.00 bits per heavy atom. The number of aliphatic hydroxyl groups is 1. The van der Waals surface area contributed by atoms with Crippen molar-refractivity contribution in [1.29, 1.82) is 0 Å². The summed E-state index contributed by atoms with van der Waals surface area (Å²) in [7, 11) is -1.04. The summed E-state index contributed by atoms with van der Waals surface area (Å²) in [4.78, 5) is 15.5. The number of hydrogen-bond acceptors (Lipinski definition) is 5. The van der Waals surface area contributed by atoms with Crippen LogP contribution in [-0.4, -0.2) is 64.5 Å². The van der Waals surface area contributed by atoms with Gasteiger partial charge in [0.2, 0.25) is 0 Å². The fourth-order valence-corrected chi connectivity index (χ4v) is 4.60. The number of carbonyl (C=O) groups is 1. The lowest BCUT2D eigenvalue weighted by Gasteiger charge is -2.45. The lowest BCUT2D eigenvalue weighted by Crippen LogP contribution is -2.54. The van der Waals surface area contributed by atoms with Crippen LogP contribution in [0.2, 0.25) is 0 Å². The van der Waals surface area contributed by atoms with E-state index >= 15 is 0 Å². The Balaban J connectivity index is 1.82. The van der Waals surface area contributed by atoms with Gasteiger partial charge in [-0.15, -0.1) is 0 Å². The molecule has 2 unspecified atom stereocenters. The molecule has 1 N–H and O–H groups in total. The van der Waals surface area contributed by atoms with Crippen LogP contribution in [0.15, 0.2) is 30.3 Å². The van der Waals surface area contributed by atoms with Crippen molar-refractivity contribution in [1.82, 2.24) is 4.90 Å². The molecule has 0 amide bonds. The van der Waals surface area contributed by atoms with Crippen LogP contribution in [-0.2, 0) is 25.7 Å². The minimum atomic E-state index is -1.14. The van der Waals surface area contributed by atoms with Gasteiger partial charge in [-0.25, -0.2) is 0 Å². The Bertz CT molecular complexity index is 615. The maximum Gasteiger partial charge on any atom is 0.319 e. The zero-order chi connectivity index (χ0) is 17.9. The van der Waals surface area contributed by atoms with Crippen LogP contribution in [0.5, 0.6) is 0 Å². The molecule has 3 aliphatic rings. The van der Waals surface area contributed by atoms with Crippen molar-refractivity contribution >= 4 is 16.8 Å². The normalized spacial score (nSPS) is 29.0. The van der Waals surface area contributed by atoms with Crippen molar-refractivity contribution in [2.75, 3.05) is 38.2 Å². The van der Waals surface area contributed by atoms with E-state index in [-0.39, 0.29) is 18.7 Å². The third-order valence-electron chi connectivity index (χ3n) is 5.66. The van der Waals surface area contributed by atoms with Gasteiger partial charge in [-0.3, -0.25) is 13.9 Å². The summed E-state index contributed by atoms with van der Waals surface area (Å²) >= 11 is 0. The van der Waals surface area contributed by atoms with Gasteiger partial charge in [0.1, 0.15) is 11.5 Å². The molecule has 138 valence electrons. The van der Waals surface area contributed by atoms with Crippen LogP contribution in [0.1, 0.15) is 24.8 Å². The molecule has 0 saturated carbocycles. The van der Waals surface area contributed by atoms with E-state index in [0.717, 1.165) is 38.0 Å². The van der Waals surface area contributed by atoms with Gasteiger partial charge in [0, 0.05) is 29.4 Å². The first-order chi connectivity index (χ1) is 12.0. The first kappa shape index (κ1) is 18.5. The molecular formula is C19H27NO4S. The van der Waals surface area contributed by atoms with E-state index in [1.165, 1.54) is 0 Å². The number of carbonyl (C=O) groups excluding carboxylic acids is 1. The molecule has 1 aromatic rings. The molecule has 25 heavy (non-hydrogen) atoms. The van der Waals surface area contributed by atoms with Gasteiger partial charge in [-0.05, 0) is 43.8 Å². The largest absolute Gasteiger partial charge is 0.460 e. The summed E-state index contributed by atoms with van der Waals surface area (Å²) in [6.07, 6.45) is 3.96. The van der Waals surface area contributed by atoms with Crippen LogP contribution in [0, 0.1) is 5.92 Å². The lowest BCUT2D eigenvalue weighted by atomic mass is 9.78. The second-order valence-corrected chi connectivity index (χ2v) is 8.77. The zero-order valence-corrected chi connectivity index (χ0v) is 15.5. The van der Waals surface area contributed by atoms with Crippen molar-refractivity contribution in [3.05, 3.63) is 35.9 Å². The number of hydrogen-bond donors (Lipinski definition) is 1. The minimum Gasteiger partial charge on any atom is -0.460 e. The highest BCUT2D eigenvalue weighted by atomic mass is 32.2. The fraction of sp³-hybridized carbons (Fsp3) is 0.632. The summed E-state index contributed by atoms with van der Waals surface area (Å²) in [6.45, 7) is 2.61. The second-order valence-electron chi connectivity index (χ2n) is 7.22. The maximum absolute atomic E-state index is 13.2. The molecule has 0 aliphatic carbocycles. The third kappa shape index (κ3) is 3.96. The highest BCUT2D eigenvalue weighted by Crippen LogP contribution is 2.34. The van der Waals surface area contributed by atoms with Crippen LogP contribution in [0.3, 0.4) is 0 Å². The molecule has 0 radical (unpaired) electrons. The number of aliphatic hydroxyl groups excluding tert-OH is 1. The van der Waals surface area contributed by atoms with Gasteiger partial charge in [0.05, 0.1) is 6.61 Å². The van der Waals surface area contributed by atoms with Gasteiger partial charge < -0.3 is 9.84 Å². The Morgan fingerprint density at radius 3 is 2.52 bits per heavy atom. The molecule has 2 bridgehead atoms. The van der Waals surface area contributed by atoms with Gasteiger partial charge >= 0.3 is 5.97 Å². The predicted octanol–water partition coefficient (Wildman–Crippen LogP) is 1.32. The molecule has 5 nitrogen and oxygen atoms in total. The molecular weight excluding hydrogens is 338 g/mol. The molecule has 0 spiro atoms.